The van der Waals surface area contributed by atoms with Crippen molar-refractivity contribution in [2.45, 2.75) is 32.9 Å². The second-order valence-corrected chi connectivity index (χ2v) is 9.28. The van der Waals surface area contributed by atoms with Gasteiger partial charge in [-0.3, -0.25) is 4.67 Å². The Balaban J connectivity index is 2.03. The minimum Gasteiger partial charge on any atom is -0.387 e. The molecule has 0 heterocycles. The lowest BCUT2D eigenvalue weighted by atomic mass is 10.0. The largest absolute Gasteiger partial charge is 0.387 e. The number of nitrogens with zero attached hydrogens (tertiary/aromatic N) is 1. The second-order valence-electron chi connectivity index (χ2n) is 7.06. The summed E-state index contributed by atoms with van der Waals surface area (Å²) < 4.78 is 2.36. The maximum Gasteiger partial charge on any atom is 0.0945 e. The van der Waals surface area contributed by atoms with Crippen molar-refractivity contribution in [3.05, 3.63) is 95.6 Å². The number of aryl methyl sites for hydroxylation is 2. The fourth-order valence-corrected chi connectivity index (χ4v) is 6.19. The van der Waals surface area contributed by atoms with Gasteiger partial charge in [-0.05, 0) is 49.8 Å². The molecule has 0 saturated heterocycles. The average molecular weight is 377 g/mol. The van der Waals surface area contributed by atoms with Crippen LogP contribution in [0.2, 0.25) is 0 Å². The molecule has 0 saturated carbocycles. The number of aliphatic hydroxyl groups is 1. The molecule has 0 fully saturated rings. The highest BCUT2D eigenvalue weighted by atomic mass is 31.1. The lowest BCUT2D eigenvalue weighted by Crippen LogP contribution is -2.37. The van der Waals surface area contributed by atoms with Gasteiger partial charge >= 0.3 is 0 Å². The number of hydrogen-bond acceptors (Lipinski definition) is 2. The van der Waals surface area contributed by atoms with Crippen LogP contribution in [0.15, 0.2) is 78.9 Å². The molecule has 140 valence electrons. The number of likely N-dealkylation sites (N-methyl/N-ethyl adjacent to an activating group) is 1. The molecule has 3 atom stereocenters. The zero-order chi connectivity index (χ0) is 19.4. The fourth-order valence-electron chi connectivity index (χ4n) is 3.49. The van der Waals surface area contributed by atoms with Crippen molar-refractivity contribution in [1.82, 2.24) is 4.67 Å². The summed E-state index contributed by atoms with van der Waals surface area (Å²) in [6, 6.07) is 27.1. The summed E-state index contributed by atoms with van der Waals surface area (Å²) in [5, 5.41) is 13.7. The number of hydrogen-bond donors (Lipinski definition) is 1. The standard InChI is InChI=1S/C24H28NOP/c1-18-12-11-13-19(2)24(18)27(22-16-9-6-10-17-22)25(4)20(3)23(26)21-14-7-5-8-15-21/h5-17,20,23,26H,1-4H3/t20-,23-,27+/m1/s1. The first kappa shape index (κ1) is 19.8. The normalized spacial score (nSPS) is 14.7. The van der Waals surface area contributed by atoms with Gasteiger partial charge < -0.3 is 5.11 Å². The maximum atomic E-state index is 11.0. The summed E-state index contributed by atoms with van der Waals surface area (Å²) in [5.41, 5.74) is 3.57. The van der Waals surface area contributed by atoms with Gasteiger partial charge in [0.15, 0.2) is 0 Å². The quantitative estimate of drug-likeness (QED) is 0.629. The molecule has 0 aliphatic carbocycles. The van der Waals surface area contributed by atoms with Gasteiger partial charge in [0.25, 0.3) is 0 Å². The Hall–Kier alpha value is -1.99. The van der Waals surface area contributed by atoms with Crippen LogP contribution in [0.4, 0.5) is 0 Å². The summed E-state index contributed by atoms with van der Waals surface area (Å²) in [7, 11) is 1.40. The smallest absolute Gasteiger partial charge is 0.0945 e. The van der Waals surface area contributed by atoms with Gasteiger partial charge in [0.1, 0.15) is 0 Å². The predicted molar refractivity (Wildman–Crippen MR) is 117 cm³/mol. The Morgan fingerprint density at radius 3 is 1.85 bits per heavy atom. The van der Waals surface area contributed by atoms with Gasteiger partial charge in [-0.25, -0.2) is 0 Å². The topological polar surface area (TPSA) is 23.5 Å². The van der Waals surface area contributed by atoms with Gasteiger partial charge in [0.2, 0.25) is 0 Å². The van der Waals surface area contributed by atoms with Crippen molar-refractivity contribution in [2.75, 3.05) is 7.05 Å². The van der Waals surface area contributed by atoms with Crippen molar-refractivity contribution >= 4 is 18.7 Å². The van der Waals surface area contributed by atoms with Crippen molar-refractivity contribution in [3.8, 4) is 0 Å². The molecule has 3 heteroatoms. The lowest BCUT2D eigenvalue weighted by Gasteiger charge is -2.37. The highest BCUT2D eigenvalue weighted by molar-refractivity contribution is 7.71. The zero-order valence-corrected chi connectivity index (χ0v) is 17.4. The number of benzene rings is 3. The highest BCUT2D eigenvalue weighted by Crippen LogP contribution is 2.42. The van der Waals surface area contributed by atoms with E-state index in [9.17, 15) is 5.11 Å². The van der Waals surface area contributed by atoms with Crippen molar-refractivity contribution in [2.24, 2.45) is 0 Å². The minimum absolute atomic E-state index is 0.0160. The van der Waals surface area contributed by atoms with Crippen LogP contribution in [-0.4, -0.2) is 22.9 Å². The Morgan fingerprint density at radius 2 is 1.30 bits per heavy atom. The summed E-state index contributed by atoms with van der Waals surface area (Å²) in [4.78, 5) is 0. The second kappa shape index (κ2) is 8.80. The average Bonchev–Trinajstić information content (AvgIpc) is 2.70. The van der Waals surface area contributed by atoms with Crippen LogP contribution in [-0.2, 0) is 0 Å². The Bertz CT molecular complexity index is 846. The Morgan fingerprint density at radius 1 is 0.778 bits per heavy atom. The summed E-state index contributed by atoms with van der Waals surface area (Å²) >= 11 is 0. The molecule has 0 aliphatic rings. The minimum atomic E-state index is -0.743. The van der Waals surface area contributed by atoms with E-state index in [2.05, 4.69) is 81.0 Å². The molecule has 0 bridgehead atoms. The SMILES string of the molecule is Cc1cccc(C)c1[P@](c1ccccc1)N(C)[C@H](C)[C@@H](O)c1ccccc1. The van der Waals surface area contributed by atoms with E-state index in [0.717, 1.165) is 5.56 Å². The van der Waals surface area contributed by atoms with E-state index in [0.29, 0.717) is 0 Å². The van der Waals surface area contributed by atoms with Crippen LogP contribution in [0.25, 0.3) is 0 Å². The third kappa shape index (κ3) is 4.30. The van der Waals surface area contributed by atoms with Crippen molar-refractivity contribution in [3.63, 3.8) is 0 Å². The lowest BCUT2D eigenvalue weighted by molar-refractivity contribution is 0.111. The fraction of sp³-hybridized carbons (Fsp3) is 0.250. The van der Waals surface area contributed by atoms with Crippen LogP contribution in [0.5, 0.6) is 0 Å². The molecule has 3 rings (SSSR count). The van der Waals surface area contributed by atoms with Crippen LogP contribution in [0.3, 0.4) is 0 Å². The van der Waals surface area contributed by atoms with E-state index in [-0.39, 0.29) is 6.04 Å². The highest BCUT2D eigenvalue weighted by Gasteiger charge is 2.30. The molecule has 0 spiro atoms. The van der Waals surface area contributed by atoms with Gasteiger partial charge in [0, 0.05) is 19.4 Å². The molecule has 3 aromatic rings. The van der Waals surface area contributed by atoms with Gasteiger partial charge in [0.05, 0.1) is 6.10 Å². The van der Waals surface area contributed by atoms with E-state index in [4.69, 9.17) is 0 Å². The Labute approximate surface area is 164 Å². The van der Waals surface area contributed by atoms with E-state index in [1.165, 1.54) is 21.7 Å². The van der Waals surface area contributed by atoms with Crippen LogP contribution in [0, 0.1) is 13.8 Å². The number of rotatable bonds is 6. The molecular weight excluding hydrogens is 349 g/mol. The molecule has 0 radical (unpaired) electrons. The summed E-state index contributed by atoms with van der Waals surface area (Å²) in [6.07, 6.45) is -0.533. The molecule has 1 N–H and O–H groups in total. The first-order valence-corrected chi connectivity index (χ1v) is 10.7. The third-order valence-electron chi connectivity index (χ3n) is 5.15. The van der Waals surface area contributed by atoms with Crippen LogP contribution < -0.4 is 10.6 Å². The van der Waals surface area contributed by atoms with E-state index in [1.807, 2.05) is 30.3 Å². The molecule has 3 aromatic carbocycles. The van der Waals surface area contributed by atoms with E-state index < -0.39 is 14.2 Å². The van der Waals surface area contributed by atoms with Crippen LogP contribution in [0.1, 0.15) is 29.7 Å². The first-order chi connectivity index (χ1) is 13.0. The van der Waals surface area contributed by atoms with Crippen LogP contribution >= 0.6 is 8.07 Å². The molecule has 2 nitrogen and oxygen atoms in total. The molecule has 0 aromatic heterocycles. The van der Waals surface area contributed by atoms with Gasteiger partial charge in [-0.1, -0.05) is 78.9 Å². The van der Waals surface area contributed by atoms with Crippen molar-refractivity contribution in [1.29, 1.82) is 0 Å². The van der Waals surface area contributed by atoms with Gasteiger partial charge in [-0.15, -0.1) is 0 Å². The van der Waals surface area contributed by atoms with E-state index >= 15 is 0 Å². The summed E-state index contributed by atoms with van der Waals surface area (Å²) in [6.45, 7) is 6.49. The molecular formula is C24H28NOP. The summed E-state index contributed by atoms with van der Waals surface area (Å²) in [5.74, 6) is 0. The maximum absolute atomic E-state index is 11.0. The Kier molecular flexibility index (Phi) is 6.44. The van der Waals surface area contributed by atoms with Crippen molar-refractivity contribution < 1.29 is 5.11 Å². The van der Waals surface area contributed by atoms with E-state index in [1.54, 1.807) is 0 Å². The molecule has 0 amide bonds. The number of aliphatic hydroxyl groups excluding tert-OH is 1. The predicted octanol–water partition coefficient (Wildman–Crippen LogP) is 4.71. The molecule has 0 aliphatic heterocycles. The zero-order valence-electron chi connectivity index (χ0n) is 16.5. The molecule has 27 heavy (non-hydrogen) atoms. The van der Waals surface area contributed by atoms with Gasteiger partial charge in [-0.2, -0.15) is 0 Å². The monoisotopic (exact) mass is 377 g/mol. The first-order valence-electron chi connectivity index (χ1n) is 9.38. The molecule has 0 unspecified atom stereocenters. The third-order valence-corrected chi connectivity index (χ3v) is 8.07.